The fraction of sp³-hybridized carbons (Fsp3) is 0.360. The van der Waals surface area contributed by atoms with Gasteiger partial charge in [-0.1, -0.05) is 31.0 Å². The van der Waals surface area contributed by atoms with Crippen molar-refractivity contribution in [3.63, 3.8) is 0 Å². The molecule has 0 saturated carbocycles. The van der Waals surface area contributed by atoms with Crippen LogP contribution >= 0.6 is 0 Å². The summed E-state index contributed by atoms with van der Waals surface area (Å²) >= 11 is 0. The van der Waals surface area contributed by atoms with Gasteiger partial charge in [0.1, 0.15) is 23.9 Å². The van der Waals surface area contributed by atoms with Gasteiger partial charge in [-0.05, 0) is 55.7 Å². The second-order valence-electron chi connectivity index (χ2n) is 8.22. The van der Waals surface area contributed by atoms with Crippen molar-refractivity contribution >= 4 is 33.6 Å². The second kappa shape index (κ2) is 12.0. The van der Waals surface area contributed by atoms with Crippen molar-refractivity contribution in [2.24, 2.45) is 0 Å². The molecule has 1 heterocycles. The van der Waals surface area contributed by atoms with E-state index < -0.39 is 39.2 Å². The smallest absolute Gasteiger partial charge is 0.247 e. The summed E-state index contributed by atoms with van der Waals surface area (Å²) in [7, 11) is -3.56. The second-order valence-corrected chi connectivity index (χ2v) is 10.2. The van der Waals surface area contributed by atoms with E-state index in [4.69, 9.17) is 0 Å². The molecule has 35 heavy (non-hydrogen) atoms. The van der Waals surface area contributed by atoms with Crippen molar-refractivity contribution in [2.75, 3.05) is 31.5 Å². The number of nitrogens with one attached hydrogen (secondary N) is 1. The number of rotatable bonds is 8. The van der Waals surface area contributed by atoms with Crippen LogP contribution < -0.4 is 5.32 Å². The predicted octanol–water partition coefficient (Wildman–Crippen LogP) is 4.03. The number of sulfonamides is 1. The van der Waals surface area contributed by atoms with E-state index in [2.05, 4.69) is 5.32 Å². The Balaban J connectivity index is 1.62. The quantitative estimate of drug-likeness (QED) is 0.549. The summed E-state index contributed by atoms with van der Waals surface area (Å²) < 4.78 is 54.8. The summed E-state index contributed by atoms with van der Waals surface area (Å²) in [6.07, 6.45) is 6.54. The largest absolute Gasteiger partial charge is 0.330 e. The lowest BCUT2D eigenvalue weighted by Crippen LogP contribution is -2.37. The van der Waals surface area contributed by atoms with Crippen LogP contribution in [0, 0.1) is 11.6 Å². The van der Waals surface area contributed by atoms with E-state index in [0.717, 1.165) is 37.8 Å². The third kappa shape index (κ3) is 6.95. The van der Waals surface area contributed by atoms with E-state index in [0.29, 0.717) is 18.7 Å². The van der Waals surface area contributed by atoms with Gasteiger partial charge in [0.05, 0.1) is 4.90 Å². The lowest BCUT2D eigenvalue weighted by atomic mass is 10.2. The van der Waals surface area contributed by atoms with Crippen LogP contribution in [0.2, 0.25) is 0 Å². The predicted molar refractivity (Wildman–Crippen MR) is 130 cm³/mol. The van der Waals surface area contributed by atoms with Crippen molar-refractivity contribution in [1.29, 1.82) is 0 Å². The molecular formula is C25H29F2N3O4S. The first kappa shape index (κ1) is 26.5. The lowest BCUT2D eigenvalue weighted by molar-refractivity contribution is -0.130. The number of hydrogen-bond donors (Lipinski definition) is 1. The van der Waals surface area contributed by atoms with Crippen molar-refractivity contribution in [3.05, 3.63) is 65.7 Å². The molecule has 2 amide bonds. The highest BCUT2D eigenvalue weighted by Crippen LogP contribution is 2.21. The minimum absolute atomic E-state index is 0.198. The van der Waals surface area contributed by atoms with Gasteiger partial charge in [-0.3, -0.25) is 9.59 Å². The number of carbonyl (C=O) groups is 2. The average molecular weight is 506 g/mol. The summed E-state index contributed by atoms with van der Waals surface area (Å²) in [6.45, 7) is 2.51. The highest BCUT2D eigenvalue weighted by Gasteiger charge is 2.25. The van der Waals surface area contributed by atoms with Gasteiger partial charge in [0.2, 0.25) is 21.8 Å². The minimum atomic E-state index is -3.56. The maximum Gasteiger partial charge on any atom is 0.247 e. The first-order valence-electron chi connectivity index (χ1n) is 11.5. The van der Waals surface area contributed by atoms with E-state index in [-0.39, 0.29) is 18.0 Å². The number of para-hydroxylation sites is 1. The Hall–Kier alpha value is -3.11. The summed E-state index contributed by atoms with van der Waals surface area (Å²) in [6, 6.07) is 9.47. The molecule has 0 spiro atoms. The zero-order valence-corrected chi connectivity index (χ0v) is 20.4. The maximum atomic E-state index is 13.7. The fourth-order valence-corrected chi connectivity index (χ4v) is 5.29. The topological polar surface area (TPSA) is 86.8 Å². The number of carbonyl (C=O) groups excluding carboxylic acids is 2. The molecule has 1 fully saturated rings. The average Bonchev–Trinajstić information content (AvgIpc) is 3.14. The molecule has 1 aliphatic rings. The highest BCUT2D eigenvalue weighted by molar-refractivity contribution is 7.89. The Bertz CT molecular complexity index is 1160. The van der Waals surface area contributed by atoms with Crippen LogP contribution in [0.15, 0.2) is 53.4 Å². The van der Waals surface area contributed by atoms with E-state index >= 15 is 0 Å². The number of likely N-dealkylation sites (N-methyl/N-ethyl adjacent to an activating group) is 1. The minimum Gasteiger partial charge on any atom is -0.330 e. The van der Waals surface area contributed by atoms with Crippen LogP contribution in [-0.2, 0) is 19.6 Å². The normalized spacial score (nSPS) is 15.1. The van der Waals surface area contributed by atoms with Crippen LogP contribution in [0.1, 0.15) is 38.2 Å². The number of nitrogens with zero attached hydrogens (tertiary/aromatic N) is 2. The molecule has 0 aromatic heterocycles. The van der Waals surface area contributed by atoms with Crippen LogP contribution in [0.3, 0.4) is 0 Å². The summed E-state index contributed by atoms with van der Waals surface area (Å²) in [5, 5.41) is 2.16. The summed E-state index contributed by atoms with van der Waals surface area (Å²) in [4.78, 5) is 26.2. The fourth-order valence-electron chi connectivity index (χ4n) is 3.77. The van der Waals surface area contributed by atoms with Gasteiger partial charge < -0.3 is 10.2 Å². The van der Waals surface area contributed by atoms with Crippen LogP contribution in [0.25, 0.3) is 6.08 Å². The third-order valence-corrected chi connectivity index (χ3v) is 7.67. The Labute approximate surface area is 204 Å². The van der Waals surface area contributed by atoms with Crippen LogP contribution in [0.4, 0.5) is 14.5 Å². The van der Waals surface area contributed by atoms with Gasteiger partial charge in [-0.15, -0.1) is 0 Å². The van der Waals surface area contributed by atoms with Gasteiger partial charge in [-0.2, -0.15) is 4.31 Å². The molecule has 1 N–H and O–H groups in total. The molecule has 0 unspecified atom stereocenters. The van der Waals surface area contributed by atoms with E-state index in [1.807, 2.05) is 0 Å². The molecule has 0 radical (unpaired) electrons. The number of hydrogen-bond acceptors (Lipinski definition) is 4. The molecule has 0 atom stereocenters. The number of benzene rings is 2. The third-order valence-electron chi connectivity index (χ3n) is 5.76. The molecule has 188 valence electrons. The summed E-state index contributed by atoms with van der Waals surface area (Å²) in [5.74, 6) is -3.03. The maximum absolute atomic E-state index is 13.7. The Morgan fingerprint density at radius 1 is 1.00 bits per heavy atom. The zero-order chi connectivity index (χ0) is 25.4. The standard InChI is InChI=1S/C25H29F2N3O4S/c1-2-29(18-23(31)28-25-21(26)8-7-9-22(25)27)24(32)15-12-19-10-13-20(14-11-19)35(33,34)30-16-5-3-4-6-17-30/h7-15H,2-6,16-18H2,1H3,(H,28,31). The van der Waals surface area contributed by atoms with Gasteiger partial charge in [-0.25, -0.2) is 17.2 Å². The molecule has 10 heteroatoms. The summed E-state index contributed by atoms with van der Waals surface area (Å²) in [5.41, 5.74) is 0.0499. The van der Waals surface area contributed by atoms with Crippen molar-refractivity contribution in [3.8, 4) is 0 Å². The van der Waals surface area contributed by atoms with Gasteiger partial charge >= 0.3 is 0 Å². The van der Waals surface area contributed by atoms with Crippen LogP contribution in [0.5, 0.6) is 0 Å². The van der Waals surface area contributed by atoms with E-state index in [1.54, 1.807) is 19.1 Å². The molecule has 7 nitrogen and oxygen atoms in total. The highest BCUT2D eigenvalue weighted by atomic mass is 32.2. The molecule has 0 bridgehead atoms. The van der Waals surface area contributed by atoms with Crippen molar-refractivity contribution in [1.82, 2.24) is 9.21 Å². The molecule has 2 aromatic carbocycles. The van der Waals surface area contributed by atoms with Gasteiger partial charge in [0.25, 0.3) is 0 Å². The lowest BCUT2D eigenvalue weighted by Gasteiger charge is -2.20. The van der Waals surface area contributed by atoms with Gasteiger partial charge in [0, 0.05) is 25.7 Å². The monoisotopic (exact) mass is 505 g/mol. The molecule has 0 aliphatic carbocycles. The molecule has 2 aromatic rings. The molecular weight excluding hydrogens is 476 g/mol. The molecule has 1 aliphatic heterocycles. The van der Waals surface area contributed by atoms with Crippen molar-refractivity contribution < 1.29 is 26.8 Å². The number of amides is 2. The van der Waals surface area contributed by atoms with E-state index in [1.165, 1.54) is 39.6 Å². The van der Waals surface area contributed by atoms with E-state index in [9.17, 15) is 26.8 Å². The Morgan fingerprint density at radius 3 is 2.17 bits per heavy atom. The SMILES string of the molecule is CCN(CC(=O)Nc1c(F)cccc1F)C(=O)C=Cc1ccc(S(=O)(=O)N2CCCCCC2)cc1. The first-order valence-corrected chi connectivity index (χ1v) is 13.0. The number of anilines is 1. The Kier molecular flexibility index (Phi) is 9.11. The molecule has 1 saturated heterocycles. The number of halogens is 2. The van der Waals surface area contributed by atoms with Crippen molar-refractivity contribution in [2.45, 2.75) is 37.5 Å². The molecule has 3 rings (SSSR count). The first-order chi connectivity index (χ1) is 16.7. The zero-order valence-electron chi connectivity index (χ0n) is 19.5. The van der Waals surface area contributed by atoms with Crippen LogP contribution in [-0.4, -0.2) is 55.6 Å². The Morgan fingerprint density at radius 2 is 1.60 bits per heavy atom. The van der Waals surface area contributed by atoms with Gasteiger partial charge in [0.15, 0.2) is 0 Å².